The first kappa shape index (κ1) is 13.2. The molecular weight excluding hydrogens is 214 g/mol. The number of carbonyl (C=O) groups excluding carboxylic acids is 1. The second-order valence-electron chi connectivity index (χ2n) is 4.35. The Hall–Kier alpha value is -1.82. The molecule has 0 spiro atoms. The lowest BCUT2D eigenvalue weighted by Crippen LogP contribution is -2.08. The van der Waals surface area contributed by atoms with Crippen molar-refractivity contribution in [1.82, 2.24) is 0 Å². The molecule has 0 saturated heterocycles. The first-order chi connectivity index (χ1) is 8.02. The lowest BCUT2D eigenvalue weighted by Gasteiger charge is -2.10. The predicted molar refractivity (Wildman–Crippen MR) is 65.9 cm³/mol. The Labute approximate surface area is 102 Å². The molecule has 3 nitrogen and oxygen atoms in total. The highest BCUT2D eigenvalue weighted by atomic mass is 16.5. The summed E-state index contributed by atoms with van der Waals surface area (Å²) in [6, 6.07) is 9.16. The molecule has 0 aliphatic rings. The van der Waals surface area contributed by atoms with Crippen LogP contribution in [0.2, 0.25) is 0 Å². The van der Waals surface area contributed by atoms with Gasteiger partial charge in [0.25, 0.3) is 0 Å². The number of hydrogen-bond acceptors (Lipinski definition) is 3. The van der Waals surface area contributed by atoms with Gasteiger partial charge < -0.3 is 4.74 Å². The van der Waals surface area contributed by atoms with Crippen LogP contribution in [0.15, 0.2) is 24.3 Å². The number of carbonyl (C=O) groups is 1. The molecule has 1 rings (SSSR count). The van der Waals surface area contributed by atoms with Gasteiger partial charge in [-0.15, -0.1) is 0 Å². The van der Waals surface area contributed by atoms with Gasteiger partial charge in [0.1, 0.15) is 5.75 Å². The summed E-state index contributed by atoms with van der Waals surface area (Å²) >= 11 is 0. The van der Waals surface area contributed by atoms with Gasteiger partial charge in [-0.1, -0.05) is 12.1 Å². The van der Waals surface area contributed by atoms with Gasteiger partial charge >= 0.3 is 0 Å². The van der Waals surface area contributed by atoms with Crippen molar-refractivity contribution in [3.05, 3.63) is 29.8 Å². The second kappa shape index (κ2) is 6.05. The molecular formula is C14H17NO2. The van der Waals surface area contributed by atoms with E-state index < -0.39 is 0 Å². The fourth-order valence-corrected chi connectivity index (χ4v) is 1.46. The van der Waals surface area contributed by atoms with Crippen molar-refractivity contribution in [2.45, 2.75) is 33.3 Å². The predicted octanol–water partition coefficient (Wildman–Crippen LogP) is 3.21. The number of Topliss-reactive ketones (excluding diaryl/α,β-unsaturated/α-hetero) is 1. The van der Waals surface area contributed by atoms with Gasteiger partial charge in [0.2, 0.25) is 0 Å². The molecule has 0 aromatic heterocycles. The molecule has 0 amide bonds. The van der Waals surface area contributed by atoms with Gasteiger partial charge in [0.15, 0.2) is 5.78 Å². The zero-order chi connectivity index (χ0) is 12.8. The average Bonchev–Trinajstić information content (AvgIpc) is 2.28. The maximum absolute atomic E-state index is 11.8. The van der Waals surface area contributed by atoms with Crippen molar-refractivity contribution in [1.29, 1.82) is 5.26 Å². The van der Waals surface area contributed by atoms with Crippen LogP contribution < -0.4 is 4.74 Å². The summed E-state index contributed by atoms with van der Waals surface area (Å²) in [4.78, 5) is 11.8. The van der Waals surface area contributed by atoms with Crippen molar-refractivity contribution < 1.29 is 9.53 Å². The summed E-state index contributed by atoms with van der Waals surface area (Å²) in [6.07, 6.45) is 0.333. The molecule has 3 heteroatoms. The topological polar surface area (TPSA) is 50.1 Å². The standard InChI is InChI=1S/C14H17NO2/c1-10(2)17-13-6-4-5-12(8-13)14(16)7-11(3)9-15/h4-6,8,10-11H,7H2,1-3H3. The van der Waals surface area contributed by atoms with Crippen molar-refractivity contribution in [2.75, 3.05) is 0 Å². The van der Waals surface area contributed by atoms with E-state index in [-0.39, 0.29) is 24.2 Å². The van der Waals surface area contributed by atoms with Gasteiger partial charge in [-0.3, -0.25) is 4.79 Å². The molecule has 0 saturated carbocycles. The largest absolute Gasteiger partial charge is 0.491 e. The van der Waals surface area contributed by atoms with Crippen LogP contribution in [0.1, 0.15) is 37.6 Å². The third-order valence-corrected chi connectivity index (χ3v) is 2.24. The van der Waals surface area contributed by atoms with Crippen LogP contribution >= 0.6 is 0 Å². The Bertz CT molecular complexity index is 432. The van der Waals surface area contributed by atoms with Crippen LogP contribution in [0.4, 0.5) is 0 Å². The number of ether oxygens (including phenoxy) is 1. The Morgan fingerprint density at radius 3 is 2.71 bits per heavy atom. The van der Waals surface area contributed by atoms with Crippen LogP contribution in [0, 0.1) is 17.2 Å². The van der Waals surface area contributed by atoms with Gasteiger partial charge in [0.05, 0.1) is 18.1 Å². The minimum Gasteiger partial charge on any atom is -0.491 e. The lowest BCUT2D eigenvalue weighted by molar-refractivity contribution is 0.0972. The minimum absolute atomic E-state index is 0.0201. The number of rotatable bonds is 5. The monoisotopic (exact) mass is 231 g/mol. The Balaban J connectivity index is 2.78. The molecule has 90 valence electrons. The quantitative estimate of drug-likeness (QED) is 0.731. The van der Waals surface area contributed by atoms with Gasteiger partial charge in [-0.25, -0.2) is 0 Å². The maximum Gasteiger partial charge on any atom is 0.164 e. The Kier molecular flexibility index (Phi) is 4.71. The fraction of sp³-hybridized carbons (Fsp3) is 0.429. The van der Waals surface area contributed by atoms with Crippen molar-refractivity contribution in [2.24, 2.45) is 5.92 Å². The molecule has 0 aliphatic heterocycles. The Morgan fingerprint density at radius 1 is 1.41 bits per heavy atom. The smallest absolute Gasteiger partial charge is 0.164 e. The van der Waals surface area contributed by atoms with Gasteiger partial charge in [-0.2, -0.15) is 5.26 Å². The molecule has 0 radical (unpaired) electrons. The third kappa shape index (κ3) is 4.28. The maximum atomic E-state index is 11.8. The highest BCUT2D eigenvalue weighted by molar-refractivity contribution is 5.96. The van der Waals surface area contributed by atoms with Crippen molar-refractivity contribution in [3.8, 4) is 11.8 Å². The summed E-state index contributed by atoms with van der Waals surface area (Å²) in [5.41, 5.74) is 0.602. The molecule has 0 N–H and O–H groups in total. The number of hydrogen-bond donors (Lipinski definition) is 0. The summed E-state index contributed by atoms with van der Waals surface area (Å²) in [5, 5.41) is 8.68. The van der Waals surface area contributed by atoms with E-state index in [1.54, 1.807) is 25.1 Å². The molecule has 0 bridgehead atoms. The number of nitrogens with zero attached hydrogens (tertiary/aromatic N) is 1. The lowest BCUT2D eigenvalue weighted by atomic mass is 10.0. The summed E-state index contributed by atoms with van der Waals surface area (Å²) in [6.45, 7) is 5.62. The van der Waals surface area contributed by atoms with E-state index in [0.717, 1.165) is 0 Å². The highest BCUT2D eigenvalue weighted by Crippen LogP contribution is 2.17. The van der Waals surface area contributed by atoms with Crippen LogP contribution in [-0.4, -0.2) is 11.9 Å². The normalized spacial score (nSPS) is 11.9. The zero-order valence-corrected chi connectivity index (χ0v) is 10.4. The van der Waals surface area contributed by atoms with Gasteiger partial charge in [0, 0.05) is 12.0 Å². The van der Waals surface area contributed by atoms with E-state index >= 15 is 0 Å². The third-order valence-electron chi connectivity index (χ3n) is 2.24. The van der Waals surface area contributed by atoms with Crippen LogP contribution in [0.3, 0.4) is 0 Å². The van der Waals surface area contributed by atoms with Crippen LogP contribution in [0.5, 0.6) is 5.75 Å². The number of ketones is 1. The number of nitriles is 1. The summed E-state index contributed by atoms with van der Waals surface area (Å²) < 4.78 is 5.52. The number of benzene rings is 1. The van der Waals surface area contributed by atoms with E-state index in [0.29, 0.717) is 11.3 Å². The van der Waals surface area contributed by atoms with E-state index in [4.69, 9.17) is 10.00 Å². The minimum atomic E-state index is -0.253. The summed E-state index contributed by atoms with van der Waals surface area (Å²) in [5.74, 6) is 0.417. The zero-order valence-electron chi connectivity index (χ0n) is 10.4. The van der Waals surface area contributed by atoms with E-state index in [1.165, 1.54) is 0 Å². The molecule has 0 fully saturated rings. The summed E-state index contributed by atoms with van der Waals surface area (Å²) in [7, 11) is 0. The van der Waals surface area contributed by atoms with Crippen molar-refractivity contribution >= 4 is 5.78 Å². The highest BCUT2D eigenvalue weighted by Gasteiger charge is 2.11. The molecule has 17 heavy (non-hydrogen) atoms. The molecule has 1 aromatic carbocycles. The molecule has 1 aromatic rings. The van der Waals surface area contributed by atoms with Crippen LogP contribution in [0.25, 0.3) is 0 Å². The SMILES string of the molecule is CC(C#N)CC(=O)c1cccc(OC(C)C)c1. The van der Waals surface area contributed by atoms with E-state index in [2.05, 4.69) is 6.07 Å². The first-order valence-corrected chi connectivity index (χ1v) is 5.72. The molecule has 0 heterocycles. The van der Waals surface area contributed by atoms with E-state index in [1.807, 2.05) is 19.9 Å². The Morgan fingerprint density at radius 2 is 2.12 bits per heavy atom. The second-order valence-corrected chi connectivity index (χ2v) is 4.35. The first-order valence-electron chi connectivity index (χ1n) is 5.72. The van der Waals surface area contributed by atoms with Gasteiger partial charge in [-0.05, 0) is 32.9 Å². The molecule has 0 aliphatic carbocycles. The average molecular weight is 231 g/mol. The fourth-order valence-electron chi connectivity index (χ4n) is 1.46. The molecule has 1 unspecified atom stereocenters. The van der Waals surface area contributed by atoms with Crippen molar-refractivity contribution in [3.63, 3.8) is 0 Å². The molecule has 1 atom stereocenters. The van der Waals surface area contributed by atoms with Crippen LogP contribution in [-0.2, 0) is 0 Å². The van der Waals surface area contributed by atoms with E-state index in [9.17, 15) is 4.79 Å².